The van der Waals surface area contributed by atoms with E-state index in [2.05, 4.69) is 0 Å². The molecule has 4 heteroatoms. The summed E-state index contributed by atoms with van der Waals surface area (Å²) in [4.78, 5) is 10.4. The minimum Gasteiger partial charge on any atom is -0.491 e. The number of aryl methyl sites for hydroxylation is 1. The van der Waals surface area contributed by atoms with Crippen molar-refractivity contribution in [3.63, 3.8) is 0 Å². The van der Waals surface area contributed by atoms with Gasteiger partial charge in [0, 0.05) is 0 Å². The van der Waals surface area contributed by atoms with E-state index >= 15 is 0 Å². The molecule has 1 rings (SSSR count). The third kappa shape index (κ3) is 3.06. The van der Waals surface area contributed by atoms with Crippen molar-refractivity contribution in [2.75, 3.05) is 6.61 Å². The first-order valence-corrected chi connectivity index (χ1v) is 4.27. The first-order chi connectivity index (χ1) is 6.59. The highest BCUT2D eigenvalue weighted by atomic mass is 16.5. The maximum absolute atomic E-state index is 10.4. The van der Waals surface area contributed by atoms with Crippen molar-refractivity contribution in [3.8, 4) is 5.75 Å². The van der Waals surface area contributed by atoms with Gasteiger partial charge in [-0.1, -0.05) is 12.1 Å². The summed E-state index contributed by atoms with van der Waals surface area (Å²) >= 11 is 0. The maximum atomic E-state index is 10.4. The standard InChI is InChI=1S/C10H13NO3/c1-7-3-2-4-8(5-7)14-6-9(11)10(12)13/h2-5,9H,6,11H2,1H3,(H,12,13)/t9-/m0/s1. The van der Waals surface area contributed by atoms with Gasteiger partial charge in [-0.2, -0.15) is 0 Å². The second kappa shape index (κ2) is 4.62. The number of ether oxygens (including phenoxy) is 1. The first kappa shape index (κ1) is 10.5. The van der Waals surface area contributed by atoms with E-state index in [0.29, 0.717) is 5.75 Å². The van der Waals surface area contributed by atoms with Crippen molar-refractivity contribution >= 4 is 5.97 Å². The van der Waals surface area contributed by atoms with Crippen molar-refractivity contribution in [3.05, 3.63) is 29.8 Å². The van der Waals surface area contributed by atoms with E-state index in [-0.39, 0.29) is 6.61 Å². The van der Waals surface area contributed by atoms with Gasteiger partial charge >= 0.3 is 5.97 Å². The number of benzene rings is 1. The lowest BCUT2D eigenvalue weighted by molar-refractivity contribution is -0.139. The third-order valence-electron chi connectivity index (χ3n) is 1.74. The third-order valence-corrected chi connectivity index (χ3v) is 1.74. The fourth-order valence-electron chi connectivity index (χ4n) is 0.962. The average molecular weight is 195 g/mol. The highest BCUT2D eigenvalue weighted by Gasteiger charge is 2.11. The molecular weight excluding hydrogens is 182 g/mol. The molecule has 1 atom stereocenters. The van der Waals surface area contributed by atoms with Gasteiger partial charge in [-0.05, 0) is 24.6 Å². The Balaban J connectivity index is 2.49. The van der Waals surface area contributed by atoms with E-state index in [1.54, 1.807) is 6.07 Å². The zero-order valence-electron chi connectivity index (χ0n) is 7.93. The van der Waals surface area contributed by atoms with Crippen LogP contribution in [-0.4, -0.2) is 23.7 Å². The molecule has 3 N–H and O–H groups in total. The van der Waals surface area contributed by atoms with E-state index in [1.807, 2.05) is 25.1 Å². The average Bonchev–Trinajstić information content (AvgIpc) is 2.14. The van der Waals surface area contributed by atoms with Crippen LogP contribution < -0.4 is 10.5 Å². The number of carbonyl (C=O) groups is 1. The Morgan fingerprint density at radius 2 is 2.36 bits per heavy atom. The molecule has 4 nitrogen and oxygen atoms in total. The Hall–Kier alpha value is -1.55. The Morgan fingerprint density at radius 3 is 2.93 bits per heavy atom. The number of aliphatic carboxylic acids is 1. The molecule has 0 aliphatic heterocycles. The molecule has 76 valence electrons. The normalized spacial score (nSPS) is 12.1. The van der Waals surface area contributed by atoms with E-state index in [1.165, 1.54) is 0 Å². The van der Waals surface area contributed by atoms with E-state index in [9.17, 15) is 4.79 Å². The Kier molecular flexibility index (Phi) is 3.48. The van der Waals surface area contributed by atoms with Crippen LogP contribution in [0.1, 0.15) is 5.56 Å². The fourth-order valence-corrected chi connectivity index (χ4v) is 0.962. The van der Waals surface area contributed by atoms with Crippen LogP contribution in [0, 0.1) is 6.92 Å². The van der Waals surface area contributed by atoms with Gasteiger partial charge in [0.2, 0.25) is 0 Å². The van der Waals surface area contributed by atoms with Gasteiger partial charge in [0.1, 0.15) is 18.4 Å². The summed E-state index contributed by atoms with van der Waals surface area (Å²) in [5.74, 6) is -0.417. The molecule has 14 heavy (non-hydrogen) atoms. The van der Waals surface area contributed by atoms with Crippen LogP contribution in [0.2, 0.25) is 0 Å². The summed E-state index contributed by atoms with van der Waals surface area (Å²) in [6.45, 7) is 1.92. The summed E-state index contributed by atoms with van der Waals surface area (Å²) < 4.78 is 5.20. The van der Waals surface area contributed by atoms with Crippen LogP contribution in [0.3, 0.4) is 0 Å². The summed E-state index contributed by atoms with van der Waals surface area (Å²) in [7, 11) is 0. The van der Waals surface area contributed by atoms with Gasteiger partial charge in [0.25, 0.3) is 0 Å². The molecule has 0 heterocycles. The number of hydrogen-bond donors (Lipinski definition) is 2. The number of nitrogens with two attached hydrogens (primary N) is 1. The summed E-state index contributed by atoms with van der Waals surface area (Å²) in [5, 5.41) is 8.51. The van der Waals surface area contributed by atoms with Crippen LogP contribution in [0.15, 0.2) is 24.3 Å². The molecule has 0 amide bonds. The molecule has 0 aliphatic rings. The van der Waals surface area contributed by atoms with E-state index in [0.717, 1.165) is 5.56 Å². The molecule has 0 aliphatic carbocycles. The lowest BCUT2D eigenvalue weighted by atomic mass is 10.2. The predicted molar refractivity (Wildman–Crippen MR) is 52.3 cm³/mol. The molecule has 0 fully saturated rings. The quantitative estimate of drug-likeness (QED) is 0.744. The predicted octanol–water partition coefficient (Wildman–Crippen LogP) is 0.786. The summed E-state index contributed by atoms with van der Waals surface area (Å²) in [5.41, 5.74) is 6.34. The van der Waals surface area contributed by atoms with Gasteiger partial charge in [-0.15, -0.1) is 0 Å². The Morgan fingerprint density at radius 1 is 1.64 bits per heavy atom. The van der Waals surface area contributed by atoms with Gasteiger partial charge in [-0.3, -0.25) is 4.79 Å². The topological polar surface area (TPSA) is 72.5 Å². The van der Waals surface area contributed by atoms with Crippen LogP contribution in [0.4, 0.5) is 0 Å². The number of carboxylic acids is 1. The fraction of sp³-hybridized carbons (Fsp3) is 0.300. The summed E-state index contributed by atoms with van der Waals surface area (Å²) in [6, 6.07) is 6.40. The van der Waals surface area contributed by atoms with E-state index in [4.69, 9.17) is 15.6 Å². The number of hydrogen-bond acceptors (Lipinski definition) is 3. The molecule has 0 radical (unpaired) electrons. The SMILES string of the molecule is Cc1cccc(OC[C@H](N)C(=O)O)c1. The second-order valence-corrected chi connectivity index (χ2v) is 3.07. The molecule has 1 aromatic carbocycles. The number of carboxylic acid groups (broad SMARTS) is 1. The second-order valence-electron chi connectivity index (χ2n) is 3.07. The minimum atomic E-state index is -1.06. The minimum absolute atomic E-state index is 0.0151. The highest BCUT2D eigenvalue weighted by Crippen LogP contribution is 2.12. The Bertz CT molecular complexity index is 325. The maximum Gasteiger partial charge on any atom is 0.324 e. The van der Waals surface area contributed by atoms with Gasteiger partial charge in [0.15, 0.2) is 0 Å². The molecule has 0 saturated heterocycles. The molecular formula is C10H13NO3. The van der Waals surface area contributed by atoms with Crippen molar-refractivity contribution in [2.45, 2.75) is 13.0 Å². The molecule has 0 unspecified atom stereocenters. The van der Waals surface area contributed by atoms with Gasteiger partial charge < -0.3 is 15.6 Å². The van der Waals surface area contributed by atoms with Crippen LogP contribution in [-0.2, 0) is 4.79 Å². The summed E-state index contributed by atoms with van der Waals surface area (Å²) in [6.07, 6.45) is 0. The first-order valence-electron chi connectivity index (χ1n) is 4.27. The van der Waals surface area contributed by atoms with Crippen molar-refractivity contribution < 1.29 is 14.6 Å². The van der Waals surface area contributed by atoms with Gasteiger partial charge in [-0.25, -0.2) is 0 Å². The van der Waals surface area contributed by atoms with Crippen LogP contribution in [0.25, 0.3) is 0 Å². The lowest BCUT2D eigenvalue weighted by Crippen LogP contribution is -2.36. The zero-order chi connectivity index (χ0) is 10.6. The Labute approximate surface area is 82.3 Å². The highest BCUT2D eigenvalue weighted by molar-refractivity contribution is 5.73. The molecule has 0 aromatic heterocycles. The molecule has 0 bridgehead atoms. The smallest absolute Gasteiger partial charge is 0.324 e. The van der Waals surface area contributed by atoms with Crippen molar-refractivity contribution in [1.29, 1.82) is 0 Å². The lowest BCUT2D eigenvalue weighted by Gasteiger charge is -2.09. The van der Waals surface area contributed by atoms with Crippen molar-refractivity contribution in [1.82, 2.24) is 0 Å². The van der Waals surface area contributed by atoms with Crippen molar-refractivity contribution in [2.24, 2.45) is 5.73 Å². The molecule has 0 spiro atoms. The van der Waals surface area contributed by atoms with Crippen LogP contribution >= 0.6 is 0 Å². The van der Waals surface area contributed by atoms with Crippen LogP contribution in [0.5, 0.6) is 5.75 Å². The molecule has 1 aromatic rings. The molecule has 0 saturated carbocycles. The van der Waals surface area contributed by atoms with Gasteiger partial charge in [0.05, 0.1) is 0 Å². The zero-order valence-corrected chi connectivity index (χ0v) is 7.93. The number of rotatable bonds is 4. The largest absolute Gasteiger partial charge is 0.491 e. The monoisotopic (exact) mass is 195 g/mol. The van der Waals surface area contributed by atoms with E-state index < -0.39 is 12.0 Å².